The average molecular weight is 449 g/mol. The molecule has 0 bridgehead atoms. The summed E-state index contributed by atoms with van der Waals surface area (Å²) in [5, 5.41) is 28.1. The molecule has 11 rings (SSSR count). The second-order valence-corrected chi connectivity index (χ2v) is 10.8. The van der Waals surface area contributed by atoms with Crippen LogP contribution < -0.4 is 0 Å². The third-order valence-corrected chi connectivity index (χ3v) is 9.29. The Hall–Kier alpha value is -4.68. The lowest BCUT2D eigenvalue weighted by Gasteiger charge is -2.26. The predicted molar refractivity (Wildman–Crippen MR) is 157 cm³/mol. The van der Waals surface area contributed by atoms with Crippen LogP contribution in [0.25, 0.3) is 108 Å². The van der Waals surface area contributed by atoms with E-state index in [-0.39, 0.29) is 0 Å². The summed E-state index contributed by atoms with van der Waals surface area (Å²) in [6, 6.07) is 37.3. The van der Waals surface area contributed by atoms with Crippen molar-refractivity contribution < 1.29 is 0 Å². The maximum atomic E-state index is 2.44. The number of rotatable bonds is 0. The van der Waals surface area contributed by atoms with Gasteiger partial charge in [0.1, 0.15) is 0 Å². The topological polar surface area (TPSA) is 0 Å². The zero-order chi connectivity index (χ0) is 22.9. The molecule has 0 aliphatic carbocycles. The summed E-state index contributed by atoms with van der Waals surface area (Å²) in [4.78, 5) is 0. The monoisotopic (exact) mass is 448 g/mol. The van der Waals surface area contributed by atoms with Crippen LogP contribution in [0.15, 0.2) is 97.1 Å². The minimum atomic E-state index is 1.35. The molecule has 0 heteroatoms. The third kappa shape index (κ3) is 1.55. The molecule has 36 heavy (non-hydrogen) atoms. The molecule has 0 saturated heterocycles. The molecule has 0 amide bonds. The molecule has 11 aromatic rings. The van der Waals surface area contributed by atoms with Crippen LogP contribution in [-0.2, 0) is 0 Å². The Labute approximate surface area is 204 Å². The molecule has 0 aromatic heterocycles. The maximum absolute atomic E-state index is 2.44. The first-order valence-corrected chi connectivity index (χ1v) is 12.8. The molecule has 0 unspecified atom stereocenters. The lowest BCUT2D eigenvalue weighted by atomic mass is 9.76. The van der Waals surface area contributed by atoms with Crippen molar-refractivity contribution >= 4 is 108 Å². The van der Waals surface area contributed by atoms with Crippen LogP contribution in [0.1, 0.15) is 0 Å². The molecule has 0 fully saturated rings. The van der Waals surface area contributed by atoms with Crippen molar-refractivity contribution in [2.75, 3.05) is 0 Å². The van der Waals surface area contributed by atoms with Gasteiger partial charge in [0.15, 0.2) is 0 Å². The van der Waals surface area contributed by atoms with Crippen molar-refractivity contribution in [3.05, 3.63) is 97.1 Å². The molecule has 0 nitrogen and oxygen atoms in total. The highest BCUT2D eigenvalue weighted by Gasteiger charge is 2.26. The van der Waals surface area contributed by atoms with Crippen LogP contribution in [0.4, 0.5) is 0 Å². The van der Waals surface area contributed by atoms with Crippen LogP contribution >= 0.6 is 0 Å². The lowest BCUT2D eigenvalue weighted by molar-refractivity contribution is 1.81. The van der Waals surface area contributed by atoms with Crippen LogP contribution in [0.2, 0.25) is 0 Å². The van der Waals surface area contributed by atoms with E-state index in [1.165, 1.54) is 108 Å². The maximum Gasteiger partial charge on any atom is -0.000114 e. The first kappa shape index (κ1) is 16.9. The molecular weight excluding hydrogens is 432 g/mol. The molecule has 160 valence electrons. The van der Waals surface area contributed by atoms with Gasteiger partial charge < -0.3 is 0 Å². The van der Waals surface area contributed by atoms with Crippen LogP contribution in [0, 0.1) is 0 Å². The first-order chi connectivity index (χ1) is 17.9. The molecule has 0 saturated carbocycles. The molecule has 0 aliphatic rings. The van der Waals surface area contributed by atoms with E-state index in [0.717, 1.165) is 0 Å². The van der Waals surface area contributed by atoms with Gasteiger partial charge >= 0.3 is 0 Å². The largest absolute Gasteiger partial charge is 0.0610 e. The van der Waals surface area contributed by atoms with Gasteiger partial charge in [-0.1, -0.05) is 72.8 Å². The molecule has 0 heterocycles. The fourth-order valence-electron chi connectivity index (χ4n) is 8.15. The number of fused-ring (bicyclic) bond motifs is 2. The molecule has 0 spiro atoms. The van der Waals surface area contributed by atoms with Gasteiger partial charge in [0, 0.05) is 0 Å². The van der Waals surface area contributed by atoms with Gasteiger partial charge in [-0.05, 0) is 132 Å². The van der Waals surface area contributed by atoms with Crippen LogP contribution in [0.3, 0.4) is 0 Å². The second-order valence-electron chi connectivity index (χ2n) is 10.8. The molecule has 0 N–H and O–H groups in total. The average Bonchev–Trinajstić information content (AvgIpc) is 2.92. The highest BCUT2D eigenvalue weighted by molar-refractivity contribution is 6.55. The quantitative estimate of drug-likeness (QED) is 0.160. The standard InChI is InChI=1S/C36H16/c1-5-17-13-21-14-19-7-3-11-25-26-12-4-8-20-16-22-15-18-6-2-10-24-23(9-1)27(17)33-31(21)35(29(19)25)36(30(20)26)32(22)34(33)28(18)24/h1-16H. The van der Waals surface area contributed by atoms with Gasteiger partial charge in [-0.25, -0.2) is 0 Å². The van der Waals surface area contributed by atoms with E-state index in [2.05, 4.69) is 97.1 Å². The Morgan fingerprint density at radius 2 is 0.500 bits per heavy atom. The Morgan fingerprint density at radius 3 is 0.778 bits per heavy atom. The number of hydrogen-bond acceptors (Lipinski definition) is 0. The van der Waals surface area contributed by atoms with Crippen molar-refractivity contribution in [2.45, 2.75) is 0 Å². The van der Waals surface area contributed by atoms with Gasteiger partial charge in [0.2, 0.25) is 0 Å². The molecule has 0 aliphatic heterocycles. The van der Waals surface area contributed by atoms with E-state index in [0.29, 0.717) is 0 Å². The van der Waals surface area contributed by atoms with E-state index in [4.69, 9.17) is 0 Å². The fraction of sp³-hybridized carbons (Fsp3) is 0. The summed E-state index contributed by atoms with van der Waals surface area (Å²) < 4.78 is 0. The summed E-state index contributed by atoms with van der Waals surface area (Å²) in [6.45, 7) is 0. The molecule has 0 radical (unpaired) electrons. The Morgan fingerprint density at radius 1 is 0.222 bits per heavy atom. The Balaban J connectivity index is 1.73. The highest BCUT2D eigenvalue weighted by Crippen LogP contribution is 2.55. The fourth-order valence-corrected chi connectivity index (χ4v) is 8.15. The van der Waals surface area contributed by atoms with E-state index in [1.54, 1.807) is 0 Å². The second kappa shape index (κ2) is 5.12. The predicted octanol–water partition coefficient (Wildman–Crippen LogP) is 10.4. The van der Waals surface area contributed by atoms with E-state index in [1.807, 2.05) is 0 Å². The van der Waals surface area contributed by atoms with Gasteiger partial charge in [-0.2, -0.15) is 0 Å². The van der Waals surface area contributed by atoms with E-state index >= 15 is 0 Å². The normalized spacial score (nSPS) is 13.6. The molecular formula is C36H16. The Kier molecular flexibility index (Phi) is 2.40. The van der Waals surface area contributed by atoms with E-state index in [9.17, 15) is 0 Å². The van der Waals surface area contributed by atoms with Crippen LogP contribution in [-0.4, -0.2) is 0 Å². The Bertz CT molecular complexity index is 2300. The van der Waals surface area contributed by atoms with Crippen LogP contribution in [0.5, 0.6) is 0 Å². The van der Waals surface area contributed by atoms with Gasteiger partial charge in [0.25, 0.3) is 0 Å². The van der Waals surface area contributed by atoms with Gasteiger partial charge in [-0.15, -0.1) is 0 Å². The molecule has 11 aromatic carbocycles. The van der Waals surface area contributed by atoms with E-state index < -0.39 is 0 Å². The summed E-state index contributed by atoms with van der Waals surface area (Å²) in [5.41, 5.74) is 0. The number of hydrogen-bond donors (Lipinski definition) is 0. The summed E-state index contributed by atoms with van der Waals surface area (Å²) in [7, 11) is 0. The number of benzene rings is 11. The van der Waals surface area contributed by atoms with Gasteiger partial charge in [-0.3, -0.25) is 0 Å². The first-order valence-electron chi connectivity index (χ1n) is 12.8. The minimum absolute atomic E-state index is 1.35. The summed E-state index contributed by atoms with van der Waals surface area (Å²) in [6.07, 6.45) is 0. The van der Waals surface area contributed by atoms with Crippen molar-refractivity contribution in [3.8, 4) is 0 Å². The van der Waals surface area contributed by atoms with Crippen molar-refractivity contribution in [2.24, 2.45) is 0 Å². The van der Waals surface area contributed by atoms with Gasteiger partial charge in [0.05, 0.1) is 0 Å². The lowest BCUT2D eigenvalue weighted by Crippen LogP contribution is -1.97. The zero-order valence-corrected chi connectivity index (χ0v) is 19.2. The summed E-state index contributed by atoms with van der Waals surface area (Å²) >= 11 is 0. The SMILES string of the molecule is c1cc2cc3cc4cccc5c6cccc7cc8cc9cccc%10c(c1)c2c1c3c(c45)c(c76)c8c1c9%10. The minimum Gasteiger partial charge on any atom is -0.0610 e. The zero-order valence-electron chi connectivity index (χ0n) is 19.2. The van der Waals surface area contributed by atoms with Crippen molar-refractivity contribution in [1.82, 2.24) is 0 Å². The summed E-state index contributed by atoms with van der Waals surface area (Å²) in [5.74, 6) is 0. The highest BCUT2D eigenvalue weighted by atomic mass is 14.3. The smallest absolute Gasteiger partial charge is 0.000114 e. The van der Waals surface area contributed by atoms with Crippen molar-refractivity contribution in [3.63, 3.8) is 0 Å². The van der Waals surface area contributed by atoms with Crippen molar-refractivity contribution in [1.29, 1.82) is 0 Å². The third-order valence-electron chi connectivity index (χ3n) is 9.29. The molecule has 0 atom stereocenters.